The third kappa shape index (κ3) is 3.19. The molecule has 0 bridgehead atoms. The summed E-state index contributed by atoms with van der Waals surface area (Å²) in [5, 5.41) is 0. The van der Waals surface area contributed by atoms with Crippen molar-refractivity contribution < 1.29 is 8.42 Å². The number of sulfonamides is 1. The molecule has 0 unspecified atom stereocenters. The van der Waals surface area contributed by atoms with Crippen LogP contribution >= 0.6 is 0 Å². The molecule has 128 valence electrons. The van der Waals surface area contributed by atoms with Crippen molar-refractivity contribution in [3.63, 3.8) is 0 Å². The molecule has 0 N–H and O–H groups in total. The van der Waals surface area contributed by atoms with Crippen LogP contribution in [-0.4, -0.2) is 38.9 Å². The molecule has 1 heterocycles. The van der Waals surface area contributed by atoms with E-state index in [2.05, 4.69) is 36.9 Å². The lowest BCUT2D eigenvalue weighted by molar-refractivity contribution is 0.384. The Morgan fingerprint density at radius 1 is 0.833 bits per heavy atom. The van der Waals surface area contributed by atoms with Gasteiger partial charge in [-0.05, 0) is 49.6 Å². The number of hydrogen-bond donors (Lipinski definition) is 0. The monoisotopic (exact) mass is 344 g/mol. The van der Waals surface area contributed by atoms with Crippen LogP contribution in [0, 0.1) is 20.8 Å². The van der Waals surface area contributed by atoms with Gasteiger partial charge in [-0.2, -0.15) is 4.31 Å². The Morgan fingerprint density at radius 2 is 1.50 bits per heavy atom. The van der Waals surface area contributed by atoms with Gasteiger partial charge in [-0.1, -0.05) is 30.3 Å². The van der Waals surface area contributed by atoms with Gasteiger partial charge in [0, 0.05) is 31.9 Å². The topological polar surface area (TPSA) is 40.6 Å². The molecule has 1 fully saturated rings. The Kier molecular flexibility index (Phi) is 4.65. The van der Waals surface area contributed by atoms with E-state index in [4.69, 9.17) is 0 Å². The zero-order valence-corrected chi connectivity index (χ0v) is 15.3. The molecule has 0 aromatic heterocycles. The highest BCUT2D eigenvalue weighted by Crippen LogP contribution is 2.25. The second kappa shape index (κ2) is 6.57. The largest absolute Gasteiger partial charge is 0.369 e. The summed E-state index contributed by atoms with van der Waals surface area (Å²) in [6.45, 7) is 8.51. The summed E-state index contributed by atoms with van der Waals surface area (Å²) >= 11 is 0. The second-order valence-corrected chi connectivity index (χ2v) is 8.35. The van der Waals surface area contributed by atoms with Crippen LogP contribution in [0.1, 0.15) is 16.7 Å². The number of benzene rings is 2. The van der Waals surface area contributed by atoms with Gasteiger partial charge in [0.2, 0.25) is 10.0 Å². The van der Waals surface area contributed by atoms with Crippen LogP contribution in [0.15, 0.2) is 47.4 Å². The number of piperazine rings is 1. The third-order valence-electron chi connectivity index (χ3n) is 4.66. The van der Waals surface area contributed by atoms with Gasteiger partial charge in [0.1, 0.15) is 0 Å². The highest BCUT2D eigenvalue weighted by Gasteiger charge is 2.29. The van der Waals surface area contributed by atoms with Gasteiger partial charge in [0.25, 0.3) is 0 Å². The normalized spacial score (nSPS) is 16.4. The number of anilines is 1. The Hall–Kier alpha value is -1.85. The van der Waals surface area contributed by atoms with Crippen LogP contribution in [0.4, 0.5) is 5.69 Å². The average Bonchev–Trinajstić information content (AvgIpc) is 2.57. The van der Waals surface area contributed by atoms with E-state index in [1.165, 1.54) is 16.8 Å². The number of nitrogens with zero attached hydrogens (tertiary/aromatic N) is 2. The molecular weight excluding hydrogens is 320 g/mol. The minimum Gasteiger partial charge on any atom is -0.369 e. The van der Waals surface area contributed by atoms with Gasteiger partial charge < -0.3 is 4.90 Å². The molecule has 0 amide bonds. The first-order chi connectivity index (χ1) is 11.4. The third-order valence-corrected chi connectivity index (χ3v) is 6.71. The summed E-state index contributed by atoms with van der Waals surface area (Å²) < 4.78 is 27.4. The lowest BCUT2D eigenvalue weighted by atomic mass is 10.1. The number of rotatable bonds is 3. The first-order valence-electron chi connectivity index (χ1n) is 8.27. The van der Waals surface area contributed by atoms with Crippen molar-refractivity contribution in [3.05, 3.63) is 59.2 Å². The molecule has 0 radical (unpaired) electrons. The van der Waals surface area contributed by atoms with Gasteiger partial charge in [-0.25, -0.2) is 8.42 Å². The summed E-state index contributed by atoms with van der Waals surface area (Å²) in [4.78, 5) is 2.71. The Bertz CT molecular complexity index is 838. The van der Waals surface area contributed by atoms with Crippen LogP contribution in [0.3, 0.4) is 0 Å². The zero-order chi connectivity index (χ0) is 17.3. The molecule has 5 heteroatoms. The fourth-order valence-electron chi connectivity index (χ4n) is 3.21. The van der Waals surface area contributed by atoms with E-state index in [-0.39, 0.29) is 0 Å². The molecule has 4 nitrogen and oxygen atoms in total. The van der Waals surface area contributed by atoms with Crippen molar-refractivity contribution >= 4 is 15.7 Å². The summed E-state index contributed by atoms with van der Waals surface area (Å²) in [5.74, 6) is 0. The summed E-state index contributed by atoms with van der Waals surface area (Å²) in [5.41, 5.74) is 4.47. The quantitative estimate of drug-likeness (QED) is 0.859. The molecule has 0 saturated carbocycles. The molecule has 24 heavy (non-hydrogen) atoms. The fraction of sp³-hybridized carbons (Fsp3) is 0.368. The molecule has 0 spiro atoms. The maximum Gasteiger partial charge on any atom is 0.243 e. The van der Waals surface area contributed by atoms with Crippen LogP contribution in [0.5, 0.6) is 0 Å². The van der Waals surface area contributed by atoms with E-state index in [0.717, 1.165) is 18.7 Å². The fourth-order valence-corrected chi connectivity index (χ4v) is 4.86. The van der Waals surface area contributed by atoms with Gasteiger partial charge in [0.15, 0.2) is 0 Å². The first-order valence-corrected chi connectivity index (χ1v) is 9.71. The molecule has 0 aliphatic carbocycles. The van der Waals surface area contributed by atoms with Crippen LogP contribution in [0.2, 0.25) is 0 Å². The van der Waals surface area contributed by atoms with Crippen LogP contribution in [-0.2, 0) is 10.0 Å². The van der Waals surface area contributed by atoms with E-state index in [9.17, 15) is 8.42 Å². The first kappa shape index (κ1) is 17.0. The van der Waals surface area contributed by atoms with Gasteiger partial charge >= 0.3 is 0 Å². The predicted molar refractivity (Wildman–Crippen MR) is 98.1 cm³/mol. The van der Waals surface area contributed by atoms with E-state index in [0.29, 0.717) is 18.0 Å². The van der Waals surface area contributed by atoms with E-state index in [1.54, 1.807) is 16.4 Å². The van der Waals surface area contributed by atoms with Crippen molar-refractivity contribution in [1.82, 2.24) is 4.31 Å². The van der Waals surface area contributed by atoms with E-state index < -0.39 is 10.0 Å². The lowest BCUT2D eigenvalue weighted by Crippen LogP contribution is -2.49. The summed E-state index contributed by atoms with van der Waals surface area (Å²) in [6.07, 6.45) is 0. The molecule has 1 aliphatic rings. The molecule has 2 aromatic carbocycles. The average molecular weight is 344 g/mol. The number of aryl methyl sites for hydroxylation is 3. The SMILES string of the molecule is Cc1ccc(C)c(N2CCN(S(=O)(=O)c3ccccc3C)CC2)c1. The molecule has 1 aliphatic heterocycles. The summed E-state index contributed by atoms with van der Waals surface area (Å²) in [6, 6.07) is 13.6. The molecule has 3 rings (SSSR count). The highest BCUT2D eigenvalue weighted by atomic mass is 32.2. The highest BCUT2D eigenvalue weighted by molar-refractivity contribution is 7.89. The standard InChI is InChI=1S/C19H24N2O2S/c1-15-8-9-16(2)18(14-15)20-10-12-21(13-11-20)24(22,23)19-7-5-4-6-17(19)3/h4-9,14H,10-13H2,1-3H3. The van der Waals surface area contributed by atoms with Crippen molar-refractivity contribution in [3.8, 4) is 0 Å². The van der Waals surface area contributed by atoms with Gasteiger partial charge in [-0.15, -0.1) is 0 Å². The van der Waals surface area contributed by atoms with Crippen molar-refractivity contribution in [2.24, 2.45) is 0 Å². The molecule has 0 atom stereocenters. The maximum atomic E-state index is 12.9. The van der Waals surface area contributed by atoms with Gasteiger partial charge in [0.05, 0.1) is 4.90 Å². The molecule has 2 aromatic rings. The van der Waals surface area contributed by atoms with Crippen molar-refractivity contribution in [2.75, 3.05) is 31.1 Å². The van der Waals surface area contributed by atoms with E-state index >= 15 is 0 Å². The van der Waals surface area contributed by atoms with Crippen molar-refractivity contribution in [1.29, 1.82) is 0 Å². The molecule has 1 saturated heterocycles. The van der Waals surface area contributed by atoms with Gasteiger partial charge in [-0.3, -0.25) is 0 Å². The molecular formula is C19H24N2O2S. The Balaban J connectivity index is 1.78. The predicted octanol–water partition coefficient (Wildman–Crippen LogP) is 3.12. The number of hydrogen-bond acceptors (Lipinski definition) is 3. The minimum atomic E-state index is -3.41. The van der Waals surface area contributed by atoms with E-state index in [1.807, 2.05) is 19.1 Å². The van der Waals surface area contributed by atoms with Crippen LogP contribution in [0.25, 0.3) is 0 Å². The smallest absolute Gasteiger partial charge is 0.243 e. The Labute approximate surface area is 144 Å². The lowest BCUT2D eigenvalue weighted by Gasteiger charge is -2.36. The van der Waals surface area contributed by atoms with Crippen molar-refractivity contribution in [2.45, 2.75) is 25.7 Å². The second-order valence-electron chi connectivity index (χ2n) is 6.45. The van der Waals surface area contributed by atoms with Crippen LogP contribution < -0.4 is 4.90 Å². The zero-order valence-electron chi connectivity index (χ0n) is 14.5. The minimum absolute atomic E-state index is 0.421. The maximum absolute atomic E-state index is 12.9. The Morgan fingerprint density at radius 3 is 2.17 bits per heavy atom. The summed E-state index contributed by atoms with van der Waals surface area (Å²) in [7, 11) is -3.41.